The predicted octanol–water partition coefficient (Wildman–Crippen LogP) is 5.08. The molecular weight excluding hydrogens is 355 g/mol. The minimum absolute atomic E-state index is 0.109. The first kappa shape index (κ1) is 17.6. The van der Waals surface area contributed by atoms with Crippen molar-refractivity contribution in [2.24, 2.45) is 5.92 Å². The normalized spacial score (nSPS) is 14.9. The summed E-state index contributed by atoms with van der Waals surface area (Å²) >= 11 is 0. The molecule has 4 rings (SSSR count). The van der Waals surface area contributed by atoms with Crippen molar-refractivity contribution in [3.05, 3.63) is 48.0 Å². The molecule has 1 aromatic heterocycles. The first-order chi connectivity index (χ1) is 12.9. The van der Waals surface area contributed by atoms with Gasteiger partial charge in [0.05, 0.1) is 23.1 Å². The van der Waals surface area contributed by atoms with Crippen LogP contribution in [0.15, 0.2) is 42.5 Å². The molecule has 1 heterocycles. The maximum Gasteiger partial charge on any atom is 0.416 e. The van der Waals surface area contributed by atoms with Crippen LogP contribution in [0, 0.1) is 5.92 Å². The Hall–Kier alpha value is -2.83. The molecule has 2 aromatic carbocycles. The zero-order chi connectivity index (χ0) is 19.0. The summed E-state index contributed by atoms with van der Waals surface area (Å²) in [6, 6.07) is 10.4. The SMILES string of the molecule is Nc1nc(OCC2CCC2)c2cc(-c3cccc(C(F)(F)F)c3)ccc2n1. The molecule has 1 aliphatic rings. The summed E-state index contributed by atoms with van der Waals surface area (Å²) in [5.74, 6) is 0.999. The number of nitrogens with zero attached hydrogens (tertiary/aromatic N) is 2. The van der Waals surface area contributed by atoms with E-state index < -0.39 is 11.7 Å². The summed E-state index contributed by atoms with van der Waals surface area (Å²) in [6.07, 6.45) is -0.913. The molecule has 0 saturated heterocycles. The highest BCUT2D eigenvalue weighted by Crippen LogP contribution is 2.34. The number of nitrogen functional groups attached to an aromatic ring is 1. The lowest BCUT2D eigenvalue weighted by molar-refractivity contribution is -0.137. The Kier molecular flexibility index (Phi) is 4.37. The van der Waals surface area contributed by atoms with Gasteiger partial charge in [-0.3, -0.25) is 0 Å². The van der Waals surface area contributed by atoms with Gasteiger partial charge < -0.3 is 10.5 Å². The zero-order valence-electron chi connectivity index (χ0n) is 14.5. The molecule has 3 aromatic rings. The maximum atomic E-state index is 13.0. The number of nitrogens with two attached hydrogens (primary N) is 1. The Morgan fingerprint density at radius 1 is 1.04 bits per heavy atom. The van der Waals surface area contributed by atoms with E-state index in [1.165, 1.54) is 12.5 Å². The molecule has 140 valence electrons. The summed E-state index contributed by atoms with van der Waals surface area (Å²) in [6.45, 7) is 0.555. The van der Waals surface area contributed by atoms with Crippen molar-refractivity contribution in [1.29, 1.82) is 0 Å². The molecule has 0 atom stereocenters. The van der Waals surface area contributed by atoms with Crippen LogP contribution >= 0.6 is 0 Å². The van der Waals surface area contributed by atoms with E-state index in [1.807, 2.05) is 0 Å². The highest BCUT2D eigenvalue weighted by molar-refractivity contribution is 5.89. The number of anilines is 1. The monoisotopic (exact) mass is 373 g/mol. The Balaban J connectivity index is 1.73. The van der Waals surface area contributed by atoms with Crippen molar-refractivity contribution in [1.82, 2.24) is 9.97 Å². The molecule has 0 bridgehead atoms. The summed E-state index contributed by atoms with van der Waals surface area (Å²) in [4.78, 5) is 8.38. The zero-order valence-corrected chi connectivity index (χ0v) is 14.5. The van der Waals surface area contributed by atoms with Crippen LogP contribution in [0.2, 0.25) is 0 Å². The number of benzene rings is 2. The van der Waals surface area contributed by atoms with Crippen molar-refractivity contribution < 1.29 is 17.9 Å². The average Bonchev–Trinajstić information content (AvgIpc) is 2.59. The summed E-state index contributed by atoms with van der Waals surface area (Å²) in [5, 5.41) is 0.637. The number of fused-ring (bicyclic) bond motifs is 1. The molecule has 1 fully saturated rings. The third-order valence-electron chi connectivity index (χ3n) is 4.88. The van der Waals surface area contributed by atoms with E-state index >= 15 is 0 Å². The van der Waals surface area contributed by atoms with Gasteiger partial charge in [0.2, 0.25) is 11.8 Å². The molecule has 0 aliphatic heterocycles. The van der Waals surface area contributed by atoms with E-state index in [-0.39, 0.29) is 5.95 Å². The number of hydrogen-bond donors (Lipinski definition) is 1. The molecule has 0 spiro atoms. The summed E-state index contributed by atoms with van der Waals surface area (Å²) in [5.41, 5.74) is 6.78. The Labute approximate surface area is 154 Å². The second-order valence-corrected chi connectivity index (χ2v) is 6.81. The first-order valence-corrected chi connectivity index (χ1v) is 8.78. The lowest BCUT2D eigenvalue weighted by atomic mass is 9.86. The van der Waals surface area contributed by atoms with Gasteiger partial charge in [0, 0.05) is 0 Å². The molecule has 0 unspecified atom stereocenters. The van der Waals surface area contributed by atoms with Gasteiger partial charge in [-0.25, -0.2) is 4.98 Å². The predicted molar refractivity (Wildman–Crippen MR) is 97.2 cm³/mol. The van der Waals surface area contributed by atoms with Crippen LogP contribution in [0.5, 0.6) is 5.88 Å². The molecule has 0 amide bonds. The summed E-state index contributed by atoms with van der Waals surface area (Å²) in [7, 11) is 0. The van der Waals surface area contributed by atoms with Gasteiger partial charge in [-0.05, 0) is 54.2 Å². The number of alkyl halides is 3. The van der Waals surface area contributed by atoms with Crippen LogP contribution in [0.25, 0.3) is 22.0 Å². The van der Waals surface area contributed by atoms with Crippen molar-refractivity contribution in [2.75, 3.05) is 12.3 Å². The van der Waals surface area contributed by atoms with Crippen LogP contribution in [0.1, 0.15) is 24.8 Å². The van der Waals surface area contributed by atoms with Gasteiger partial charge in [-0.1, -0.05) is 24.6 Å². The van der Waals surface area contributed by atoms with Crippen molar-refractivity contribution in [2.45, 2.75) is 25.4 Å². The number of aromatic nitrogens is 2. The van der Waals surface area contributed by atoms with Crippen molar-refractivity contribution >= 4 is 16.9 Å². The summed E-state index contributed by atoms with van der Waals surface area (Å²) < 4.78 is 44.9. The van der Waals surface area contributed by atoms with Crippen LogP contribution in [-0.4, -0.2) is 16.6 Å². The van der Waals surface area contributed by atoms with Gasteiger partial charge in [0.1, 0.15) is 0 Å². The molecular formula is C20H18F3N3O. The van der Waals surface area contributed by atoms with Crippen LogP contribution in [0.3, 0.4) is 0 Å². The highest BCUT2D eigenvalue weighted by atomic mass is 19.4. The third-order valence-corrected chi connectivity index (χ3v) is 4.88. The van der Waals surface area contributed by atoms with Crippen molar-refractivity contribution in [3.8, 4) is 17.0 Å². The van der Waals surface area contributed by atoms with E-state index in [4.69, 9.17) is 10.5 Å². The molecule has 1 saturated carbocycles. The minimum Gasteiger partial charge on any atom is -0.477 e. The topological polar surface area (TPSA) is 61.0 Å². The molecule has 2 N–H and O–H groups in total. The Bertz CT molecular complexity index is 984. The molecule has 7 heteroatoms. The second kappa shape index (κ2) is 6.72. The lowest BCUT2D eigenvalue weighted by Gasteiger charge is -2.25. The van der Waals surface area contributed by atoms with E-state index in [9.17, 15) is 13.2 Å². The van der Waals surface area contributed by atoms with Crippen molar-refractivity contribution in [3.63, 3.8) is 0 Å². The fourth-order valence-electron chi connectivity index (χ4n) is 3.14. The third kappa shape index (κ3) is 3.67. The largest absolute Gasteiger partial charge is 0.477 e. The smallest absolute Gasteiger partial charge is 0.416 e. The number of hydrogen-bond acceptors (Lipinski definition) is 4. The van der Waals surface area contributed by atoms with Gasteiger partial charge in [0.25, 0.3) is 0 Å². The molecule has 27 heavy (non-hydrogen) atoms. The van der Waals surface area contributed by atoms with E-state index in [2.05, 4.69) is 9.97 Å². The number of halogens is 3. The molecule has 4 nitrogen and oxygen atoms in total. The molecule has 0 radical (unpaired) electrons. The van der Waals surface area contributed by atoms with Gasteiger partial charge in [0.15, 0.2) is 0 Å². The Morgan fingerprint density at radius 2 is 1.81 bits per heavy atom. The van der Waals surface area contributed by atoms with Crippen LogP contribution in [-0.2, 0) is 6.18 Å². The lowest BCUT2D eigenvalue weighted by Crippen LogP contribution is -2.19. The highest BCUT2D eigenvalue weighted by Gasteiger charge is 2.30. The first-order valence-electron chi connectivity index (χ1n) is 8.78. The average molecular weight is 373 g/mol. The van der Waals surface area contributed by atoms with Crippen LogP contribution < -0.4 is 10.5 Å². The van der Waals surface area contributed by atoms with Crippen LogP contribution in [0.4, 0.5) is 19.1 Å². The Morgan fingerprint density at radius 3 is 2.52 bits per heavy atom. The number of ether oxygens (including phenoxy) is 1. The fraction of sp³-hybridized carbons (Fsp3) is 0.300. The maximum absolute atomic E-state index is 13.0. The van der Waals surface area contributed by atoms with E-state index in [0.717, 1.165) is 25.0 Å². The quantitative estimate of drug-likeness (QED) is 0.693. The fourth-order valence-corrected chi connectivity index (χ4v) is 3.14. The van der Waals surface area contributed by atoms with E-state index in [1.54, 1.807) is 24.3 Å². The molecule has 1 aliphatic carbocycles. The van der Waals surface area contributed by atoms with Gasteiger partial charge in [-0.15, -0.1) is 0 Å². The van der Waals surface area contributed by atoms with Gasteiger partial charge >= 0.3 is 6.18 Å². The standard InChI is InChI=1S/C20H18F3N3O/c21-20(22,23)15-6-2-5-13(9-15)14-7-8-17-16(10-14)18(26-19(24)25-17)27-11-12-3-1-4-12/h2,5-10,12H,1,3-4,11H2,(H2,24,25,26). The van der Waals surface area contributed by atoms with E-state index in [0.29, 0.717) is 40.4 Å². The minimum atomic E-state index is -4.39. The second-order valence-electron chi connectivity index (χ2n) is 6.81. The van der Waals surface area contributed by atoms with Gasteiger partial charge in [-0.2, -0.15) is 18.2 Å². The number of rotatable bonds is 4.